The average molecular weight is 336 g/mol. The molecule has 0 saturated carbocycles. The molecule has 4 nitrogen and oxygen atoms in total. The van der Waals surface area contributed by atoms with Crippen LogP contribution in [0.2, 0.25) is 0 Å². The first-order chi connectivity index (χ1) is 12.1. The maximum Gasteiger partial charge on any atom is 0.227 e. The monoisotopic (exact) mass is 336 g/mol. The molecule has 0 aromatic heterocycles. The molecule has 1 aliphatic rings. The largest absolute Gasteiger partial charge is 0.352 e. The molecule has 0 bridgehead atoms. The van der Waals surface area contributed by atoms with E-state index in [1.807, 2.05) is 55.5 Å². The SMILES string of the molecule is CCc1ccccc1N1CC(C(=O)NCc2ccccc2C)CC1=O. The Hall–Kier alpha value is -2.62. The van der Waals surface area contributed by atoms with Crippen molar-refractivity contribution in [3.05, 3.63) is 65.2 Å². The first-order valence-electron chi connectivity index (χ1n) is 8.80. The van der Waals surface area contributed by atoms with Crippen molar-refractivity contribution < 1.29 is 9.59 Å². The third kappa shape index (κ3) is 3.73. The van der Waals surface area contributed by atoms with Gasteiger partial charge in [-0.1, -0.05) is 49.4 Å². The third-order valence-electron chi connectivity index (χ3n) is 4.87. The van der Waals surface area contributed by atoms with Gasteiger partial charge in [-0.3, -0.25) is 9.59 Å². The second kappa shape index (κ2) is 7.51. The van der Waals surface area contributed by atoms with Crippen LogP contribution in [0.1, 0.15) is 30.0 Å². The fourth-order valence-corrected chi connectivity index (χ4v) is 3.32. The smallest absolute Gasteiger partial charge is 0.227 e. The van der Waals surface area contributed by atoms with Gasteiger partial charge in [0, 0.05) is 25.2 Å². The van der Waals surface area contributed by atoms with Gasteiger partial charge >= 0.3 is 0 Å². The Balaban J connectivity index is 1.66. The van der Waals surface area contributed by atoms with Crippen molar-refractivity contribution in [1.82, 2.24) is 5.32 Å². The van der Waals surface area contributed by atoms with Crippen molar-refractivity contribution in [3.8, 4) is 0 Å². The van der Waals surface area contributed by atoms with E-state index in [4.69, 9.17) is 0 Å². The Labute approximate surface area is 148 Å². The Morgan fingerprint density at radius 1 is 1.12 bits per heavy atom. The van der Waals surface area contributed by atoms with Crippen LogP contribution in [0.3, 0.4) is 0 Å². The fraction of sp³-hybridized carbons (Fsp3) is 0.333. The lowest BCUT2D eigenvalue weighted by Gasteiger charge is -2.20. The topological polar surface area (TPSA) is 49.4 Å². The highest BCUT2D eigenvalue weighted by molar-refractivity contribution is 6.00. The van der Waals surface area contributed by atoms with Crippen molar-refractivity contribution in [1.29, 1.82) is 0 Å². The second-order valence-corrected chi connectivity index (χ2v) is 6.53. The highest BCUT2D eigenvalue weighted by atomic mass is 16.2. The quantitative estimate of drug-likeness (QED) is 0.911. The van der Waals surface area contributed by atoms with Crippen LogP contribution >= 0.6 is 0 Å². The molecule has 1 unspecified atom stereocenters. The zero-order valence-corrected chi connectivity index (χ0v) is 14.8. The van der Waals surface area contributed by atoms with E-state index in [1.165, 1.54) is 0 Å². The summed E-state index contributed by atoms with van der Waals surface area (Å²) in [7, 11) is 0. The number of rotatable bonds is 5. The molecule has 1 saturated heterocycles. The molecule has 1 fully saturated rings. The molecule has 1 N–H and O–H groups in total. The number of carbonyl (C=O) groups excluding carboxylic acids is 2. The number of anilines is 1. The van der Waals surface area contributed by atoms with Crippen LogP contribution in [0.4, 0.5) is 5.69 Å². The van der Waals surface area contributed by atoms with Crippen molar-refractivity contribution in [3.63, 3.8) is 0 Å². The summed E-state index contributed by atoms with van der Waals surface area (Å²) in [6.45, 7) is 5.06. The highest BCUT2D eigenvalue weighted by Gasteiger charge is 2.35. The predicted octanol–water partition coefficient (Wildman–Crippen LogP) is 3.23. The average Bonchev–Trinajstić information content (AvgIpc) is 3.02. The van der Waals surface area contributed by atoms with E-state index in [0.29, 0.717) is 13.1 Å². The van der Waals surface area contributed by atoms with Crippen molar-refractivity contribution in [2.24, 2.45) is 5.92 Å². The van der Waals surface area contributed by atoms with Crippen LogP contribution in [-0.4, -0.2) is 18.4 Å². The van der Waals surface area contributed by atoms with E-state index in [1.54, 1.807) is 4.90 Å². The maximum atomic E-state index is 12.5. The van der Waals surface area contributed by atoms with E-state index in [9.17, 15) is 9.59 Å². The molecule has 4 heteroatoms. The number of carbonyl (C=O) groups is 2. The summed E-state index contributed by atoms with van der Waals surface area (Å²) >= 11 is 0. The molecule has 2 aromatic carbocycles. The standard InChI is InChI=1S/C21H24N2O2/c1-3-16-9-6-7-11-19(16)23-14-18(12-20(23)24)21(25)22-13-17-10-5-4-8-15(17)2/h4-11,18H,3,12-14H2,1-2H3,(H,22,25). The minimum absolute atomic E-state index is 0.0249. The van der Waals surface area contributed by atoms with Gasteiger partial charge in [-0.25, -0.2) is 0 Å². The summed E-state index contributed by atoms with van der Waals surface area (Å²) in [5.74, 6) is -0.313. The van der Waals surface area contributed by atoms with E-state index >= 15 is 0 Å². The van der Waals surface area contributed by atoms with Crippen LogP contribution in [0.25, 0.3) is 0 Å². The number of para-hydroxylation sites is 1. The third-order valence-corrected chi connectivity index (χ3v) is 4.87. The van der Waals surface area contributed by atoms with Crippen molar-refractivity contribution in [2.75, 3.05) is 11.4 Å². The van der Waals surface area contributed by atoms with Gasteiger partial charge in [0.25, 0.3) is 0 Å². The number of hydrogen-bond acceptors (Lipinski definition) is 2. The predicted molar refractivity (Wildman–Crippen MR) is 99.3 cm³/mol. The van der Waals surface area contributed by atoms with E-state index in [2.05, 4.69) is 12.2 Å². The van der Waals surface area contributed by atoms with Gasteiger partial charge in [0.15, 0.2) is 0 Å². The zero-order chi connectivity index (χ0) is 17.8. The van der Waals surface area contributed by atoms with Crippen molar-refractivity contribution >= 4 is 17.5 Å². The molecule has 1 heterocycles. The highest BCUT2D eigenvalue weighted by Crippen LogP contribution is 2.28. The minimum atomic E-state index is -0.290. The van der Waals surface area contributed by atoms with Crippen molar-refractivity contribution in [2.45, 2.75) is 33.2 Å². The summed E-state index contributed by atoms with van der Waals surface area (Å²) in [6.07, 6.45) is 1.14. The lowest BCUT2D eigenvalue weighted by molar-refractivity contribution is -0.126. The molecule has 1 aliphatic heterocycles. The van der Waals surface area contributed by atoms with Crippen LogP contribution < -0.4 is 10.2 Å². The van der Waals surface area contributed by atoms with E-state index in [-0.39, 0.29) is 24.2 Å². The molecule has 0 aliphatic carbocycles. The molecule has 0 radical (unpaired) electrons. The Kier molecular flexibility index (Phi) is 5.17. The van der Waals surface area contributed by atoms with Gasteiger partial charge in [0.2, 0.25) is 11.8 Å². The lowest BCUT2D eigenvalue weighted by Crippen LogP contribution is -2.33. The Morgan fingerprint density at radius 2 is 1.80 bits per heavy atom. The number of benzene rings is 2. The van der Waals surface area contributed by atoms with Crippen LogP contribution in [0.5, 0.6) is 0 Å². The molecule has 130 valence electrons. The number of amides is 2. The number of nitrogens with one attached hydrogen (secondary N) is 1. The normalized spacial score (nSPS) is 17.0. The van der Waals surface area contributed by atoms with E-state index < -0.39 is 0 Å². The van der Waals surface area contributed by atoms with Crippen LogP contribution in [-0.2, 0) is 22.6 Å². The number of nitrogens with zero attached hydrogens (tertiary/aromatic N) is 1. The second-order valence-electron chi connectivity index (χ2n) is 6.53. The van der Waals surface area contributed by atoms with Crippen LogP contribution in [0, 0.1) is 12.8 Å². The van der Waals surface area contributed by atoms with Gasteiger partial charge in [-0.15, -0.1) is 0 Å². The minimum Gasteiger partial charge on any atom is -0.352 e. The van der Waals surface area contributed by atoms with Gasteiger partial charge in [-0.2, -0.15) is 0 Å². The Bertz CT molecular complexity index is 785. The first kappa shape index (κ1) is 17.2. The van der Waals surface area contributed by atoms with E-state index in [0.717, 1.165) is 28.8 Å². The maximum absolute atomic E-state index is 12.5. The molecule has 1 atom stereocenters. The van der Waals surface area contributed by atoms with Gasteiger partial charge in [0.05, 0.1) is 5.92 Å². The molecule has 2 amide bonds. The molecule has 25 heavy (non-hydrogen) atoms. The number of aryl methyl sites for hydroxylation is 2. The summed E-state index contributed by atoms with van der Waals surface area (Å²) in [6, 6.07) is 15.9. The van der Waals surface area contributed by atoms with Gasteiger partial charge in [0.1, 0.15) is 0 Å². The molecular formula is C21H24N2O2. The Morgan fingerprint density at radius 3 is 2.52 bits per heavy atom. The summed E-state index contributed by atoms with van der Waals surface area (Å²) < 4.78 is 0. The molecule has 3 rings (SSSR count). The molecular weight excluding hydrogens is 312 g/mol. The molecule has 0 spiro atoms. The summed E-state index contributed by atoms with van der Waals surface area (Å²) in [4.78, 5) is 26.7. The molecule has 2 aromatic rings. The summed E-state index contributed by atoms with van der Waals surface area (Å²) in [5, 5.41) is 2.99. The summed E-state index contributed by atoms with van der Waals surface area (Å²) in [5.41, 5.74) is 4.33. The van der Waals surface area contributed by atoms with Crippen LogP contribution in [0.15, 0.2) is 48.5 Å². The number of hydrogen-bond donors (Lipinski definition) is 1. The zero-order valence-electron chi connectivity index (χ0n) is 14.8. The lowest BCUT2D eigenvalue weighted by atomic mass is 10.1. The fourth-order valence-electron chi connectivity index (χ4n) is 3.32. The first-order valence-corrected chi connectivity index (χ1v) is 8.80. The van der Waals surface area contributed by atoms with Gasteiger partial charge in [-0.05, 0) is 36.1 Å². The van der Waals surface area contributed by atoms with Gasteiger partial charge < -0.3 is 10.2 Å².